The number of methoxy groups -OCH3 is 1. The molecule has 0 radical (unpaired) electrons. The van der Waals surface area contributed by atoms with Crippen LogP contribution in [0, 0.1) is 0 Å². The standard InChI is InChI=1S/C22H27N3O5/c1-4-19-21(27)24-17-9-8-14(11-20(17)30-19)13(2)23-22(28)25-18(12-26)15-6-5-7-16(10-15)29-3/h5-11,13,18-19,26H,4,12H2,1-3H3,(H,24,27)(H2,23,25,28). The van der Waals surface area contributed by atoms with Gasteiger partial charge in [0, 0.05) is 0 Å². The summed E-state index contributed by atoms with van der Waals surface area (Å²) in [5.74, 6) is 1.07. The number of aliphatic hydroxyl groups excluding tert-OH is 1. The van der Waals surface area contributed by atoms with Gasteiger partial charge in [0.1, 0.15) is 11.5 Å². The van der Waals surface area contributed by atoms with Crippen molar-refractivity contribution in [3.05, 3.63) is 53.6 Å². The Morgan fingerprint density at radius 1 is 1.23 bits per heavy atom. The third-order valence-electron chi connectivity index (χ3n) is 5.03. The predicted molar refractivity (Wildman–Crippen MR) is 113 cm³/mol. The Labute approximate surface area is 175 Å². The molecule has 3 atom stereocenters. The van der Waals surface area contributed by atoms with Gasteiger partial charge in [0.25, 0.3) is 5.91 Å². The maximum atomic E-state index is 12.5. The first-order valence-electron chi connectivity index (χ1n) is 9.88. The molecule has 2 aromatic carbocycles. The highest BCUT2D eigenvalue weighted by Crippen LogP contribution is 2.33. The van der Waals surface area contributed by atoms with Gasteiger partial charge in [-0.25, -0.2) is 4.79 Å². The van der Waals surface area contributed by atoms with Crippen LogP contribution in [0.1, 0.15) is 43.5 Å². The van der Waals surface area contributed by atoms with Crippen LogP contribution in [0.15, 0.2) is 42.5 Å². The second-order valence-electron chi connectivity index (χ2n) is 7.11. The monoisotopic (exact) mass is 413 g/mol. The molecule has 0 spiro atoms. The van der Waals surface area contributed by atoms with Crippen molar-refractivity contribution in [1.29, 1.82) is 0 Å². The van der Waals surface area contributed by atoms with Gasteiger partial charge in [-0.3, -0.25) is 4.79 Å². The normalized spacial score (nSPS) is 17.1. The highest BCUT2D eigenvalue weighted by molar-refractivity contribution is 5.97. The number of rotatable bonds is 7. The Morgan fingerprint density at radius 2 is 2.03 bits per heavy atom. The number of anilines is 1. The van der Waals surface area contributed by atoms with Gasteiger partial charge in [-0.15, -0.1) is 0 Å². The van der Waals surface area contributed by atoms with Gasteiger partial charge in [-0.2, -0.15) is 0 Å². The zero-order chi connectivity index (χ0) is 21.7. The van der Waals surface area contributed by atoms with E-state index in [4.69, 9.17) is 9.47 Å². The van der Waals surface area contributed by atoms with E-state index < -0.39 is 18.2 Å². The maximum absolute atomic E-state index is 12.5. The van der Waals surface area contributed by atoms with Gasteiger partial charge in [-0.1, -0.05) is 25.1 Å². The molecule has 1 heterocycles. The SMILES string of the molecule is CCC1Oc2cc(C(C)NC(=O)NC(CO)c3cccc(OC)c3)ccc2NC1=O. The number of aliphatic hydroxyl groups is 1. The number of ether oxygens (including phenoxy) is 2. The van der Waals surface area contributed by atoms with E-state index in [9.17, 15) is 14.7 Å². The molecule has 1 aliphatic rings. The van der Waals surface area contributed by atoms with Crippen LogP contribution in [0.25, 0.3) is 0 Å². The van der Waals surface area contributed by atoms with Gasteiger partial charge >= 0.3 is 6.03 Å². The lowest BCUT2D eigenvalue weighted by Gasteiger charge is -2.26. The van der Waals surface area contributed by atoms with E-state index in [0.29, 0.717) is 23.6 Å². The first-order chi connectivity index (χ1) is 14.4. The molecule has 0 saturated carbocycles. The van der Waals surface area contributed by atoms with Crippen LogP contribution in [0.5, 0.6) is 11.5 Å². The van der Waals surface area contributed by atoms with Crippen LogP contribution in [-0.2, 0) is 4.79 Å². The van der Waals surface area contributed by atoms with Crippen molar-refractivity contribution in [2.75, 3.05) is 19.0 Å². The van der Waals surface area contributed by atoms with E-state index in [1.54, 1.807) is 31.4 Å². The molecule has 4 N–H and O–H groups in total. The Balaban J connectivity index is 1.66. The van der Waals surface area contributed by atoms with Gasteiger partial charge in [-0.05, 0) is 48.7 Å². The van der Waals surface area contributed by atoms with Crippen LogP contribution in [0.4, 0.5) is 10.5 Å². The smallest absolute Gasteiger partial charge is 0.315 e. The summed E-state index contributed by atoms with van der Waals surface area (Å²) in [6, 6.07) is 11.3. The maximum Gasteiger partial charge on any atom is 0.315 e. The van der Waals surface area contributed by atoms with Crippen molar-refractivity contribution in [3.63, 3.8) is 0 Å². The van der Waals surface area contributed by atoms with Crippen LogP contribution < -0.4 is 25.4 Å². The van der Waals surface area contributed by atoms with E-state index in [2.05, 4.69) is 16.0 Å². The largest absolute Gasteiger partial charge is 0.497 e. The van der Waals surface area contributed by atoms with Gasteiger partial charge < -0.3 is 30.5 Å². The summed E-state index contributed by atoms with van der Waals surface area (Å²) < 4.78 is 11.0. The number of amides is 3. The molecule has 8 heteroatoms. The average Bonchev–Trinajstić information content (AvgIpc) is 2.76. The highest BCUT2D eigenvalue weighted by Gasteiger charge is 2.26. The number of benzene rings is 2. The fourth-order valence-corrected chi connectivity index (χ4v) is 3.27. The summed E-state index contributed by atoms with van der Waals surface area (Å²) in [5, 5.41) is 18.2. The Bertz CT molecular complexity index is 917. The van der Waals surface area contributed by atoms with Gasteiger partial charge in [0.05, 0.1) is 31.5 Å². The summed E-state index contributed by atoms with van der Waals surface area (Å²) in [5.41, 5.74) is 2.18. The van der Waals surface area contributed by atoms with Crippen LogP contribution in [0.3, 0.4) is 0 Å². The molecule has 0 aliphatic carbocycles. The molecule has 0 aromatic heterocycles. The summed E-state index contributed by atoms with van der Waals surface area (Å²) >= 11 is 0. The topological polar surface area (TPSA) is 109 Å². The zero-order valence-electron chi connectivity index (χ0n) is 17.3. The second-order valence-corrected chi connectivity index (χ2v) is 7.11. The van der Waals surface area contributed by atoms with Gasteiger partial charge in [0.2, 0.25) is 0 Å². The zero-order valence-corrected chi connectivity index (χ0v) is 17.3. The minimum atomic E-state index is -0.570. The minimum absolute atomic E-state index is 0.157. The van der Waals surface area contributed by atoms with Crippen molar-refractivity contribution in [3.8, 4) is 11.5 Å². The number of nitrogens with one attached hydrogen (secondary N) is 3. The van der Waals surface area contributed by atoms with Crippen molar-refractivity contribution in [2.24, 2.45) is 0 Å². The van der Waals surface area contributed by atoms with E-state index in [1.165, 1.54) is 0 Å². The average molecular weight is 413 g/mol. The van der Waals surface area contributed by atoms with Crippen molar-refractivity contribution in [1.82, 2.24) is 10.6 Å². The van der Waals surface area contributed by atoms with Crippen molar-refractivity contribution < 1.29 is 24.2 Å². The Kier molecular flexibility index (Phi) is 6.79. The molecule has 3 unspecified atom stereocenters. The molecule has 1 aliphatic heterocycles. The molecular weight excluding hydrogens is 386 g/mol. The highest BCUT2D eigenvalue weighted by atomic mass is 16.5. The molecule has 3 amide bonds. The summed E-state index contributed by atoms with van der Waals surface area (Å²) in [4.78, 5) is 24.4. The van der Waals surface area contributed by atoms with E-state index in [-0.39, 0.29) is 18.6 Å². The molecule has 8 nitrogen and oxygen atoms in total. The summed E-state index contributed by atoms with van der Waals surface area (Å²) in [6.45, 7) is 3.48. The molecule has 2 aromatic rings. The van der Waals surface area contributed by atoms with Gasteiger partial charge in [0.15, 0.2) is 6.10 Å². The fourth-order valence-electron chi connectivity index (χ4n) is 3.27. The van der Waals surface area contributed by atoms with Crippen LogP contribution >= 0.6 is 0 Å². The van der Waals surface area contributed by atoms with E-state index >= 15 is 0 Å². The van der Waals surface area contributed by atoms with E-state index in [0.717, 1.165) is 11.1 Å². The molecule has 0 saturated heterocycles. The lowest BCUT2D eigenvalue weighted by Crippen LogP contribution is -2.40. The first kappa shape index (κ1) is 21.4. The molecule has 160 valence electrons. The summed E-state index contributed by atoms with van der Waals surface area (Å²) in [7, 11) is 1.56. The number of fused-ring (bicyclic) bond motifs is 1. The lowest BCUT2D eigenvalue weighted by molar-refractivity contribution is -0.123. The summed E-state index contributed by atoms with van der Waals surface area (Å²) in [6.07, 6.45) is 0.0471. The number of hydrogen-bond donors (Lipinski definition) is 4. The lowest BCUT2D eigenvalue weighted by atomic mass is 10.1. The molecule has 0 fully saturated rings. The molecule has 30 heavy (non-hydrogen) atoms. The number of hydrogen-bond acceptors (Lipinski definition) is 5. The second kappa shape index (κ2) is 9.49. The van der Waals surface area contributed by atoms with Crippen LogP contribution in [0.2, 0.25) is 0 Å². The molecule has 3 rings (SSSR count). The molecular formula is C22H27N3O5. The minimum Gasteiger partial charge on any atom is -0.497 e. The predicted octanol–water partition coefficient (Wildman–Crippen LogP) is 2.90. The Hall–Kier alpha value is -3.26. The third kappa shape index (κ3) is 4.83. The van der Waals surface area contributed by atoms with Crippen LogP contribution in [-0.4, -0.2) is 36.9 Å². The molecule has 0 bridgehead atoms. The first-order valence-corrected chi connectivity index (χ1v) is 9.88. The quantitative estimate of drug-likeness (QED) is 0.558. The van der Waals surface area contributed by atoms with Crippen molar-refractivity contribution in [2.45, 2.75) is 38.5 Å². The van der Waals surface area contributed by atoms with E-state index in [1.807, 2.05) is 32.0 Å². The Morgan fingerprint density at radius 3 is 2.73 bits per heavy atom. The number of carbonyl (C=O) groups is 2. The third-order valence-corrected chi connectivity index (χ3v) is 5.03. The number of urea groups is 1. The number of carbonyl (C=O) groups excluding carboxylic acids is 2. The van der Waals surface area contributed by atoms with Crippen molar-refractivity contribution >= 4 is 17.6 Å². The fraction of sp³-hybridized carbons (Fsp3) is 0.364.